The molecule has 1 aliphatic rings. The molecular formula is C23H27NO4. The van der Waals surface area contributed by atoms with Gasteiger partial charge >= 0.3 is 12.1 Å². The van der Waals surface area contributed by atoms with Crippen LogP contribution in [0.15, 0.2) is 60.7 Å². The van der Waals surface area contributed by atoms with Crippen molar-refractivity contribution in [1.29, 1.82) is 0 Å². The Morgan fingerprint density at radius 1 is 0.929 bits per heavy atom. The number of ether oxygens (including phenoxy) is 2. The number of esters is 1. The molecule has 1 fully saturated rings. The van der Waals surface area contributed by atoms with Gasteiger partial charge in [-0.1, -0.05) is 60.7 Å². The number of amides is 1. The minimum Gasteiger partial charge on any atom is -0.467 e. The summed E-state index contributed by atoms with van der Waals surface area (Å²) < 4.78 is 10.7. The van der Waals surface area contributed by atoms with E-state index in [-0.39, 0.29) is 11.8 Å². The maximum Gasteiger partial charge on any atom is 0.411 e. The summed E-state index contributed by atoms with van der Waals surface area (Å²) in [6.45, 7) is 5.84. The molecule has 5 heteroatoms. The number of benzene rings is 2. The summed E-state index contributed by atoms with van der Waals surface area (Å²) in [5.74, 6) is -0.693. The third kappa shape index (κ3) is 4.19. The Morgan fingerprint density at radius 2 is 1.46 bits per heavy atom. The van der Waals surface area contributed by atoms with Gasteiger partial charge in [0.05, 0.1) is 7.11 Å². The Bertz CT molecular complexity index is 814. The Labute approximate surface area is 166 Å². The van der Waals surface area contributed by atoms with E-state index < -0.39 is 23.7 Å². The molecule has 5 nitrogen and oxygen atoms in total. The Balaban J connectivity index is 2.07. The van der Waals surface area contributed by atoms with Crippen molar-refractivity contribution in [2.24, 2.45) is 0 Å². The lowest BCUT2D eigenvalue weighted by atomic mass is 9.80. The minimum atomic E-state index is -0.743. The molecule has 1 aliphatic heterocycles. The highest BCUT2D eigenvalue weighted by Gasteiger charge is 2.50. The second-order valence-corrected chi connectivity index (χ2v) is 8.05. The fourth-order valence-corrected chi connectivity index (χ4v) is 3.86. The molecular weight excluding hydrogens is 354 g/mol. The Hall–Kier alpha value is -2.82. The highest BCUT2D eigenvalue weighted by atomic mass is 16.6. The van der Waals surface area contributed by atoms with Crippen molar-refractivity contribution in [2.75, 3.05) is 13.7 Å². The smallest absolute Gasteiger partial charge is 0.411 e. The average molecular weight is 381 g/mol. The van der Waals surface area contributed by atoms with E-state index in [0.29, 0.717) is 6.54 Å². The molecule has 1 heterocycles. The van der Waals surface area contributed by atoms with Crippen LogP contribution >= 0.6 is 0 Å². The number of rotatable bonds is 3. The van der Waals surface area contributed by atoms with Crippen LogP contribution in [0.1, 0.15) is 43.7 Å². The second kappa shape index (κ2) is 8.05. The first kappa shape index (κ1) is 19.9. The zero-order chi connectivity index (χ0) is 20.3. The van der Waals surface area contributed by atoms with Crippen molar-refractivity contribution in [1.82, 2.24) is 4.90 Å². The van der Waals surface area contributed by atoms with Crippen LogP contribution in [0.3, 0.4) is 0 Å². The quantitative estimate of drug-likeness (QED) is 0.742. The van der Waals surface area contributed by atoms with Gasteiger partial charge in [-0.2, -0.15) is 0 Å². The maximum atomic E-state index is 12.9. The van der Waals surface area contributed by atoms with Crippen LogP contribution < -0.4 is 0 Å². The molecule has 3 rings (SSSR count). The molecule has 0 unspecified atom stereocenters. The van der Waals surface area contributed by atoms with Crippen LogP contribution in [0, 0.1) is 0 Å². The van der Waals surface area contributed by atoms with Gasteiger partial charge in [0.25, 0.3) is 0 Å². The van der Waals surface area contributed by atoms with Gasteiger partial charge in [-0.3, -0.25) is 4.90 Å². The van der Waals surface area contributed by atoms with E-state index >= 15 is 0 Å². The molecule has 0 radical (unpaired) electrons. The van der Waals surface area contributed by atoms with Gasteiger partial charge in [0.1, 0.15) is 11.6 Å². The van der Waals surface area contributed by atoms with Gasteiger partial charge < -0.3 is 9.47 Å². The highest BCUT2D eigenvalue weighted by molar-refractivity contribution is 5.84. The van der Waals surface area contributed by atoms with Gasteiger partial charge in [-0.25, -0.2) is 9.59 Å². The van der Waals surface area contributed by atoms with E-state index in [1.807, 2.05) is 81.4 Å². The normalized spacial score (nSPS) is 22.0. The third-order valence-corrected chi connectivity index (χ3v) is 4.99. The maximum absolute atomic E-state index is 12.9. The molecule has 0 spiro atoms. The zero-order valence-electron chi connectivity index (χ0n) is 16.8. The summed E-state index contributed by atoms with van der Waals surface area (Å²) in [6, 6.07) is 19.1. The van der Waals surface area contributed by atoms with E-state index in [1.165, 1.54) is 12.0 Å². The van der Waals surface area contributed by atoms with E-state index in [1.54, 1.807) is 0 Å². The SMILES string of the molecule is COC(=O)[C@@H]1[C@@H](c2ccccc2)[C@H](c2ccccc2)CN1C(=O)OC(C)(C)C. The van der Waals surface area contributed by atoms with E-state index in [4.69, 9.17) is 9.47 Å². The number of likely N-dealkylation sites (tertiary alicyclic amines) is 1. The molecule has 0 bridgehead atoms. The van der Waals surface area contributed by atoms with Gasteiger partial charge in [-0.15, -0.1) is 0 Å². The largest absolute Gasteiger partial charge is 0.467 e. The molecule has 3 atom stereocenters. The number of carbonyl (C=O) groups is 2. The fraction of sp³-hybridized carbons (Fsp3) is 0.391. The van der Waals surface area contributed by atoms with Crippen molar-refractivity contribution in [3.05, 3.63) is 71.8 Å². The fourth-order valence-electron chi connectivity index (χ4n) is 3.86. The molecule has 1 amide bonds. The number of hydrogen-bond donors (Lipinski definition) is 0. The van der Waals surface area contributed by atoms with Gasteiger partial charge in [0, 0.05) is 18.4 Å². The highest BCUT2D eigenvalue weighted by Crippen LogP contribution is 2.45. The molecule has 0 N–H and O–H groups in total. The monoisotopic (exact) mass is 381 g/mol. The van der Waals surface area contributed by atoms with Gasteiger partial charge in [0.15, 0.2) is 0 Å². The summed E-state index contributed by atoms with van der Waals surface area (Å²) in [5.41, 5.74) is 1.43. The average Bonchev–Trinajstić information content (AvgIpc) is 3.08. The molecule has 1 saturated heterocycles. The van der Waals surface area contributed by atoms with E-state index in [0.717, 1.165) is 11.1 Å². The lowest BCUT2D eigenvalue weighted by Crippen LogP contribution is -2.45. The topological polar surface area (TPSA) is 55.8 Å². The van der Waals surface area contributed by atoms with E-state index in [2.05, 4.69) is 0 Å². The molecule has 28 heavy (non-hydrogen) atoms. The van der Waals surface area contributed by atoms with Crippen molar-refractivity contribution in [3.8, 4) is 0 Å². The van der Waals surface area contributed by atoms with Crippen molar-refractivity contribution in [2.45, 2.75) is 44.2 Å². The standard InChI is InChI=1S/C23H27NO4/c1-23(2,3)28-22(26)24-15-18(16-11-7-5-8-12-16)19(20(24)21(25)27-4)17-13-9-6-10-14-17/h5-14,18-20H,15H2,1-4H3/t18-,19-,20-/m0/s1. The number of hydrogen-bond acceptors (Lipinski definition) is 4. The predicted octanol–water partition coefficient (Wildman–Crippen LogP) is 4.35. The summed E-state index contributed by atoms with van der Waals surface area (Å²) >= 11 is 0. The summed E-state index contributed by atoms with van der Waals surface area (Å²) in [6.07, 6.45) is -0.498. The van der Waals surface area contributed by atoms with Crippen molar-refractivity contribution >= 4 is 12.1 Å². The first-order valence-corrected chi connectivity index (χ1v) is 9.49. The molecule has 148 valence electrons. The Kier molecular flexibility index (Phi) is 5.73. The van der Waals surface area contributed by atoms with Gasteiger partial charge in [-0.05, 0) is 31.9 Å². The number of nitrogens with zero attached hydrogens (tertiary/aromatic N) is 1. The van der Waals surface area contributed by atoms with Crippen molar-refractivity contribution in [3.63, 3.8) is 0 Å². The Morgan fingerprint density at radius 3 is 1.96 bits per heavy atom. The van der Waals surface area contributed by atoms with Crippen LogP contribution in [0.5, 0.6) is 0 Å². The molecule has 0 aliphatic carbocycles. The summed E-state index contributed by atoms with van der Waals surface area (Å²) in [5, 5.41) is 0. The first-order valence-electron chi connectivity index (χ1n) is 9.49. The molecule has 0 aromatic heterocycles. The molecule has 2 aromatic carbocycles. The minimum absolute atomic E-state index is 0.0415. The van der Waals surface area contributed by atoms with Gasteiger partial charge in [0.2, 0.25) is 0 Å². The van der Waals surface area contributed by atoms with Crippen LogP contribution in [0.4, 0.5) is 4.79 Å². The molecule has 0 saturated carbocycles. The first-order chi connectivity index (χ1) is 13.3. The van der Waals surface area contributed by atoms with Crippen LogP contribution in [-0.4, -0.2) is 42.3 Å². The lowest BCUT2D eigenvalue weighted by Gasteiger charge is -2.29. The van der Waals surface area contributed by atoms with Crippen molar-refractivity contribution < 1.29 is 19.1 Å². The second-order valence-electron chi connectivity index (χ2n) is 8.05. The zero-order valence-corrected chi connectivity index (χ0v) is 16.8. The summed E-state index contributed by atoms with van der Waals surface area (Å²) in [7, 11) is 1.35. The third-order valence-electron chi connectivity index (χ3n) is 4.99. The summed E-state index contributed by atoms with van der Waals surface area (Å²) in [4.78, 5) is 27.2. The molecule has 2 aromatic rings. The lowest BCUT2D eigenvalue weighted by molar-refractivity contribution is -0.146. The van der Waals surface area contributed by atoms with Crippen LogP contribution in [-0.2, 0) is 14.3 Å². The van der Waals surface area contributed by atoms with Crippen LogP contribution in [0.25, 0.3) is 0 Å². The van der Waals surface area contributed by atoms with E-state index in [9.17, 15) is 9.59 Å². The number of carbonyl (C=O) groups excluding carboxylic acids is 2. The number of methoxy groups -OCH3 is 1. The predicted molar refractivity (Wildman–Crippen MR) is 107 cm³/mol. The van der Waals surface area contributed by atoms with Crippen LogP contribution in [0.2, 0.25) is 0 Å².